The van der Waals surface area contributed by atoms with E-state index in [9.17, 15) is 0 Å². The minimum Gasteiger partial charge on any atom is -0.130 e. The van der Waals surface area contributed by atoms with Crippen LogP contribution < -0.4 is 0 Å². The number of hydrogen-bond donors (Lipinski definition) is 0. The summed E-state index contributed by atoms with van der Waals surface area (Å²) in [5, 5.41) is 0. The highest BCUT2D eigenvalue weighted by molar-refractivity contribution is 7.18. The molecular formula is C8H15P. The first-order valence-corrected chi connectivity index (χ1v) is 3.93. The van der Waals surface area contributed by atoms with Crippen molar-refractivity contribution >= 4 is 9.24 Å². The van der Waals surface area contributed by atoms with Gasteiger partial charge in [0.15, 0.2) is 0 Å². The monoisotopic (exact) mass is 142 g/mol. The molecule has 0 bridgehead atoms. The van der Waals surface area contributed by atoms with Gasteiger partial charge in [-0.15, -0.1) is 9.24 Å². The molecule has 0 N–H and O–H groups in total. The smallest absolute Gasteiger partial charge is 0.00462 e. The predicted molar refractivity (Wildman–Crippen MR) is 47.7 cm³/mol. The quantitative estimate of drug-likeness (QED) is 0.411. The topological polar surface area (TPSA) is 0 Å². The Morgan fingerprint density at radius 3 is 2.11 bits per heavy atom. The van der Waals surface area contributed by atoms with Crippen molar-refractivity contribution in [3.63, 3.8) is 0 Å². The van der Waals surface area contributed by atoms with E-state index >= 15 is 0 Å². The molecule has 0 aromatic heterocycles. The fourth-order valence-electron chi connectivity index (χ4n) is 0.703. The maximum Gasteiger partial charge on any atom is -0.00462 e. The molecular weight excluding hydrogens is 127 g/mol. The third-order valence-corrected chi connectivity index (χ3v) is 1.60. The van der Waals surface area contributed by atoms with Gasteiger partial charge >= 0.3 is 0 Å². The Labute approximate surface area is 60.2 Å². The first kappa shape index (κ1) is 8.91. The molecule has 0 aliphatic carbocycles. The van der Waals surface area contributed by atoms with Gasteiger partial charge in [-0.2, -0.15) is 0 Å². The van der Waals surface area contributed by atoms with Gasteiger partial charge in [0.1, 0.15) is 0 Å². The summed E-state index contributed by atoms with van der Waals surface area (Å²) in [5.41, 5.74) is 1.95. The van der Waals surface area contributed by atoms with E-state index in [0.29, 0.717) is 5.66 Å². The molecule has 0 saturated heterocycles. The molecule has 0 aromatic carbocycles. The fraction of sp³-hybridized carbons (Fsp3) is 0.500. The van der Waals surface area contributed by atoms with E-state index in [-0.39, 0.29) is 0 Å². The number of rotatable bonds is 2. The molecule has 9 heavy (non-hydrogen) atoms. The minimum absolute atomic E-state index is 0.575. The molecule has 0 aliphatic rings. The SMILES string of the molecule is C/C=C\C(=C/C)C(C)P. The molecule has 1 heteroatoms. The van der Waals surface area contributed by atoms with E-state index in [1.807, 2.05) is 6.92 Å². The molecule has 0 heterocycles. The highest BCUT2D eigenvalue weighted by Crippen LogP contribution is 2.12. The Kier molecular flexibility index (Phi) is 4.71. The van der Waals surface area contributed by atoms with Gasteiger partial charge in [-0.3, -0.25) is 0 Å². The van der Waals surface area contributed by atoms with Crippen molar-refractivity contribution < 1.29 is 0 Å². The van der Waals surface area contributed by atoms with Crippen LogP contribution in [0.15, 0.2) is 23.8 Å². The van der Waals surface area contributed by atoms with Crippen LogP contribution >= 0.6 is 9.24 Å². The second-order valence-corrected chi connectivity index (χ2v) is 3.08. The average Bonchev–Trinajstić information content (AvgIpc) is 1.82. The van der Waals surface area contributed by atoms with Crippen LogP contribution in [0.5, 0.6) is 0 Å². The summed E-state index contributed by atoms with van der Waals surface area (Å²) < 4.78 is 0. The Balaban J connectivity index is 4.01. The Morgan fingerprint density at radius 2 is 2.00 bits per heavy atom. The zero-order valence-electron chi connectivity index (χ0n) is 6.39. The van der Waals surface area contributed by atoms with Crippen molar-refractivity contribution in [3.8, 4) is 0 Å². The van der Waals surface area contributed by atoms with E-state index in [1.54, 1.807) is 0 Å². The van der Waals surface area contributed by atoms with Crippen LogP contribution in [0.2, 0.25) is 0 Å². The summed E-state index contributed by atoms with van der Waals surface area (Å²) >= 11 is 0. The third kappa shape index (κ3) is 3.48. The van der Waals surface area contributed by atoms with Crippen LogP contribution in [-0.4, -0.2) is 5.66 Å². The van der Waals surface area contributed by atoms with Gasteiger partial charge in [0, 0.05) is 0 Å². The van der Waals surface area contributed by atoms with Gasteiger partial charge in [0.05, 0.1) is 0 Å². The molecule has 52 valence electrons. The van der Waals surface area contributed by atoms with Crippen molar-refractivity contribution in [1.82, 2.24) is 0 Å². The van der Waals surface area contributed by atoms with Gasteiger partial charge in [0.25, 0.3) is 0 Å². The van der Waals surface area contributed by atoms with Crippen LogP contribution in [0.1, 0.15) is 20.8 Å². The van der Waals surface area contributed by atoms with Gasteiger partial charge in [-0.1, -0.05) is 25.2 Å². The minimum atomic E-state index is 0.575. The lowest BCUT2D eigenvalue weighted by Crippen LogP contribution is -1.91. The highest BCUT2D eigenvalue weighted by atomic mass is 31.0. The Morgan fingerprint density at radius 1 is 1.44 bits per heavy atom. The second kappa shape index (κ2) is 4.76. The van der Waals surface area contributed by atoms with Crippen molar-refractivity contribution in [2.24, 2.45) is 0 Å². The maximum absolute atomic E-state index is 2.77. The zero-order chi connectivity index (χ0) is 7.28. The van der Waals surface area contributed by atoms with Crippen LogP contribution in [0.4, 0.5) is 0 Å². The number of allylic oxidation sites excluding steroid dienone is 4. The van der Waals surface area contributed by atoms with Crippen LogP contribution in [0.25, 0.3) is 0 Å². The second-order valence-electron chi connectivity index (χ2n) is 2.08. The molecule has 0 fully saturated rings. The van der Waals surface area contributed by atoms with Crippen molar-refractivity contribution in [1.29, 1.82) is 0 Å². The van der Waals surface area contributed by atoms with Crippen molar-refractivity contribution in [2.75, 3.05) is 0 Å². The van der Waals surface area contributed by atoms with E-state index in [2.05, 4.69) is 41.3 Å². The van der Waals surface area contributed by atoms with E-state index < -0.39 is 0 Å². The summed E-state index contributed by atoms with van der Waals surface area (Å²) in [5.74, 6) is 0. The predicted octanol–water partition coefficient (Wildman–Crippen LogP) is 2.77. The first-order valence-electron chi connectivity index (χ1n) is 3.26. The van der Waals surface area contributed by atoms with Gasteiger partial charge < -0.3 is 0 Å². The molecule has 0 spiro atoms. The van der Waals surface area contributed by atoms with E-state index in [4.69, 9.17) is 0 Å². The summed E-state index contributed by atoms with van der Waals surface area (Å²) in [6.07, 6.45) is 6.34. The molecule has 2 atom stereocenters. The fourth-order valence-corrected chi connectivity index (χ4v) is 1.01. The van der Waals surface area contributed by atoms with Crippen molar-refractivity contribution in [3.05, 3.63) is 23.8 Å². The number of hydrogen-bond acceptors (Lipinski definition) is 0. The molecule has 0 saturated carbocycles. The average molecular weight is 142 g/mol. The lowest BCUT2D eigenvalue weighted by atomic mass is 10.2. The Hall–Kier alpha value is -0.0900. The summed E-state index contributed by atoms with van der Waals surface area (Å²) in [7, 11) is 2.77. The molecule has 0 aliphatic heterocycles. The van der Waals surface area contributed by atoms with Gasteiger partial charge in [-0.25, -0.2) is 0 Å². The first-order chi connectivity index (χ1) is 4.22. The zero-order valence-corrected chi connectivity index (χ0v) is 7.54. The van der Waals surface area contributed by atoms with E-state index in [0.717, 1.165) is 0 Å². The normalized spacial score (nSPS) is 16.7. The standard InChI is InChI=1S/C8H15P/c1-4-6-8(5-2)7(3)9/h4-7H,9H2,1-3H3/b6-4-,8-5+. The lowest BCUT2D eigenvalue weighted by molar-refractivity contribution is 1.16. The molecule has 0 aromatic rings. The summed E-state index contributed by atoms with van der Waals surface area (Å²) in [6.45, 7) is 6.27. The van der Waals surface area contributed by atoms with Gasteiger partial charge in [0.2, 0.25) is 0 Å². The maximum atomic E-state index is 2.77. The lowest BCUT2D eigenvalue weighted by Gasteiger charge is -2.03. The molecule has 0 radical (unpaired) electrons. The van der Waals surface area contributed by atoms with Crippen LogP contribution in [0.3, 0.4) is 0 Å². The highest BCUT2D eigenvalue weighted by Gasteiger charge is 1.94. The van der Waals surface area contributed by atoms with Crippen LogP contribution in [0, 0.1) is 0 Å². The molecule has 0 amide bonds. The Bertz CT molecular complexity index is 121. The van der Waals surface area contributed by atoms with E-state index in [1.165, 1.54) is 5.57 Å². The summed E-state index contributed by atoms with van der Waals surface area (Å²) in [4.78, 5) is 0. The molecule has 0 nitrogen and oxygen atoms in total. The largest absolute Gasteiger partial charge is 0.130 e. The molecule has 0 rings (SSSR count). The summed E-state index contributed by atoms with van der Waals surface area (Å²) in [6, 6.07) is 0. The van der Waals surface area contributed by atoms with Crippen LogP contribution in [-0.2, 0) is 0 Å². The van der Waals surface area contributed by atoms with Gasteiger partial charge in [-0.05, 0) is 25.1 Å². The van der Waals surface area contributed by atoms with Crippen molar-refractivity contribution in [2.45, 2.75) is 26.4 Å². The third-order valence-electron chi connectivity index (χ3n) is 1.22. The molecule has 2 unspecified atom stereocenters.